The Balaban J connectivity index is 2.11. The van der Waals surface area contributed by atoms with Gasteiger partial charge in [0.25, 0.3) is 0 Å². The topological polar surface area (TPSA) is 84.6 Å². The number of aliphatic hydroxyl groups is 1. The molecule has 1 aromatic heterocycles. The average Bonchev–Trinajstić information content (AvgIpc) is 3.00. The average molecular weight is 451 g/mol. The van der Waals surface area contributed by atoms with Crippen molar-refractivity contribution < 1.29 is 37.3 Å². The number of hydrogen-bond donors (Lipinski definition) is 2. The van der Waals surface area contributed by atoms with Gasteiger partial charge in [0.2, 0.25) is 5.92 Å². The van der Waals surface area contributed by atoms with Crippen molar-refractivity contribution in [2.75, 3.05) is 0 Å². The van der Waals surface area contributed by atoms with Gasteiger partial charge in [0.15, 0.2) is 5.69 Å². The molecule has 0 spiro atoms. The van der Waals surface area contributed by atoms with Crippen LogP contribution in [0.15, 0.2) is 18.2 Å². The Labute approximate surface area is 174 Å². The Hall–Kier alpha value is -2.33. The summed E-state index contributed by atoms with van der Waals surface area (Å²) in [5, 5.41) is 23.7. The van der Waals surface area contributed by atoms with E-state index in [1.54, 1.807) is 6.92 Å². The minimum Gasteiger partial charge on any atom is -0.476 e. The molecule has 30 heavy (non-hydrogen) atoms. The van der Waals surface area contributed by atoms with Gasteiger partial charge < -0.3 is 14.9 Å². The molecule has 6 nitrogen and oxygen atoms in total. The van der Waals surface area contributed by atoms with Gasteiger partial charge in [-0.2, -0.15) is 13.9 Å². The molecule has 0 aliphatic heterocycles. The zero-order valence-corrected chi connectivity index (χ0v) is 16.6. The van der Waals surface area contributed by atoms with E-state index in [9.17, 15) is 32.6 Å². The second-order valence-electron chi connectivity index (χ2n) is 7.11. The van der Waals surface area contributed by atoms with Crippen molar-refractivity contribution >= 4 is 17.6 Å². The number of ether oxygens (including phenoxy) is 1. The Morgan fingerprint density at radius 1 is 1.30 bits per heavy atom. The van der Waals surface area contributed by atoms with Crippen LogP contribution in [0.1, 0.15) is 48.7 Å². The molecule has 1 aromatic carbocycles. The minimum atomic E-state index is -3.22. The highest BCUT2D eigenvalue weighted by molar-refractivity contribution is 6.35. The van der Waals surface area contributed by atoms with E-state index in [1.165, 1.54) is 16.8 Å². The maximum Gasteiger partial charge on any atom is 0.387 e. The maximum absolute atomic E-state index is 13.5. The smallest absolute Gasteiger partial charge is 0.387 e. The molecule has 1 fully saturated rings. The summed E-state index contributed by atoms with van der Waals surface area (Å²) in [4.78, 5) is 11.3. The first-order chi connectivity index (χ1) is 14.0. The van der Waals surface area contributed by atoms with Gasteiger partial charge in [-0.25, -0.2) is 13.6 Å². The van der Waals surface area contributed by atoms with E-state index in [1.807, 2.05) is 0 Å². The third-order valence-corrected chi connectivity index (χ3v) is 5.55. The van der Waals surface area contributed by atoms with E-state index < -0.39 is 42.6 Å². The third kappa shape index (κ3) is 4.24. The summed E-state index contributed by atoms with van der Waals surface area (Å²) >= 11 is 6.15. The molecule has 0 bridgehead atoms. The Kier molecular flexibility index (Phi) is 6.01. The maximum atomic E-state index is 13.5. The molecule has 1 aliphatic carbocycles. The molecule has 0 amide bonds. The number of aromatic nitrogens is 2. The minimum absolute atomic E-state index is 0.0376. The number of halogens is 5. The summed E-state index contributed by atoms with van der Waals surface area (Å²) in [5.41, 5.74) is -1.83. The first-order valence-electron chi connectivity index (χ1n) is 9.17. The van der Waals surface area contributed by atoms with Gasteiger partial charge in [0, 0.05) is 24.9 Å². The molecule has 3 rings (SSSR count). The quantitative estimate of drug-likeness (QED) is 0.610. The third-order valence-electron chi connectivity index (χ3n) is 5.20. The van der Waals surface area contributed by atoms with Crippen LogP contribution < -0.4 is 4.74 Å². The highest BCUT2D eigenvalue weighted by atomic mass is 35.5. The number of rotatable bonds is 6. The van der Waals surface area contributed by atoms with Crippen molar-refractivity contribution in [2.24, 2.45) is 0 Å². The number of carboxylic acid groups (broad SMARTS) is 1. The fourth-order valence-electron chi connectivity index (χ4n) is 3.58. The second-order valence-corrected chi connectivity index (χ2v) is 7.49. The highest BCUT2D eigenvalue weighted by Gasteiger charge is 2.43. The number of nitrogens with zero attached hydrogens (tertiary/aromatic N) is 2. The number of benzene rings is 1. The van der Waals surface area contributed by atoms with Gasteiger partial charge in [0.05, 0.1) is 11.3 Å². The van der Waals surface area contributed by atoms with Crippen molar-refractivity contribution in [3.63, 3.8) is 0 Å². The normalized spacial score (nSPS) is 17.9. The lowest BCUT2D eigenvalue weighted by molar-refractivity contribution is -0.107. The van der Waals surface area contributed by atoms with Crippen LogP contribution in [0.2, 0.25) is 5.02 Å². The zero-order chi connectivity index (χ0) is 22.3. The van der Waals surface area contributed by atoms with Crippen LogP contribution >= 0.6 is 11.6 Å². The van der Waals surface area contributed by atoms with E-state index >= 15 is 0 Å². The van der Waals surface area contributed by atoms with Gasteiger partial charge in [0.1, 0.15) is 10.8 Å². The predicted octanol–water partition coefficient (Wildman–Crippen LogP) is 4.92. The predicted molar refractivity (Wildman–Crippen MR) is 99.3 cm³/mol. The fourth-order valence-corrected chi connectivity index (χ4v) is 3.90. The molecular weight excluding hydrogens is 432 g/mol. The molecular formula is C19H19ClF4N2O4. The summed E-state index contributed by atoms with van der Waals surface area (Å²) < 4.78 is 59.0. The van der Waals surface area contributed by atoms with Gasteiger partial charge >= 0.3 is 12.6 Å². The van der Waals surface area contributed by atoms with Crippen LogP contribution in [0.25, 0.3) is 11.3 Å². The van der Waals surface area contributed by atoms with E-state index in [0.29, 0.717) is 0 Å². The van der Waals surface area contributed by atoms with Gasteiger partial charge in [-0.05, 0) is 37.5 Å². The van der Waals surface area contributed by atoms with Crippen LogP contribution in [-0.4, -0.2) is 38.5 Å². The van der Waals surface area contributed by atoms with Gasteiger partial charge in [-0.1, -0.05) is 17.7 Å². The van der Waals surface area contributed by atoms with E-state index in [-0.39, 0.29) is 47.0 Å². The molecule has 1 heterocycles. The van der Waals surface area contributed by atoms with Crippen molar-refractivity contribution in [1.29, 1.82) is 0 Å². The number of carboxylic acids is 1. The van der Waals surface area contributed by atoms with Crippen LogP contribution in [0, 0.1) is 0 Å². The van der Waals surface area contributed by atoms with Crippen molar-refractivity contribution in [3.8, 4) is 17.0 Å². The number of alkyl halides is 4. The van der Waals surface area contributed by atoms with E-state index in [2.05, 4.69) is 9.84 Å². The Morgan fingerprint density at radius 3 is 2.47 bits per heavy atom. The van der Waals surface area contributed by atoms with Crippen molar-refractivity contribution in [2.45, 2.75) is 57.3 Å². The zero-order valence-electron chi connectivity index (χ0n) is 15.8. The molecule has 1 saturated carbocycles. The molecule has 164 valence electrons. The summed E-state index contributed by atoms with van der Waals surface area (Å²) in [6, 6.07) is 3.88. The summed E-state index contributed by atoms with van der Waals surface area (Å²) in [6.45, 7) is -1.37. The lowest BCUT2D eigenvalue weighted by Crippen LogP contribution is -2.36. The van der Waals surface area contributed by atoms with Crippen molar-refractivity contribution in [3.05, 3.63) is 34.5 Å². The van der Waals surface area contributed by atoms with E-state index in [4.69, 9.17) is 11.6 Å². The fraction of sp³-hybridized carbons (Fsp3) is 0.474. The standard InChI is InChI=1S/C19H19ClF4N2O4/c1-2-26-15(13(20)14(25-26)16(27)28)11-4-3-10(9-12(11)30-17(21)22)18(29)5-7-19(23,24)8-6-18/h3-4,9,17,29H,2,5-8H2,1H3,(H,27,28). The number of aryl methyl sites for hydroxylation is 1. The van der Waals surface area contributed by atoms with Crippen LogP contribution in [0.4, 0.5) is 17.6 Å². The molecule has 2 aromatic rings. The number of aromatic carboxylic acids is 1. The second kappa shape index (κ2) is 8.07. The van der Waals surface area contributed by atoms with Crippen LogP contribution in [0.5, 0.6) is 5.75 Å². The van der Waals surface area contributed by atoms with Gasteiger partial charge in [-0.3, -0.25) is 4.68 Å². The summed E-state index contributed by atoms with van der Waals surface area (Å²) in [6.07, 6.45) is -1.56. The Morgan fingerprint density at radius 2 is 1.93 bits per heavy atom. The number of hydrogen-bond acceptors (Lipinski definition) is 4. The highest BCUT2D eigenvalue weighted by Crippen LogP contribution is 2.46. The monoisotopic (exact) mass is 450 g/mol. The molecule has 2 N–H and O–H groups in total. The summed E-state index contributed by atoms with van der Waals surface area (Å²) in [7, 11) is 0. The van der Waals surface area contributed by atoms with Crippen LogP contribution in [0.3, 0.4) is 0 Å². The molecule has 0 atom stereocenters. The SMILES string of the molecule is CCn1nc(C(=O)O)c(Cl)c1-c1ccc(C2(O)CCC(F)(F)CC2)cc1OC(F)F. The van der Waals surface area contributed by atoms with Crippen LogP contribution in [-0.2, 0) is 12.1 Å². The van der Waals surface area contributed by atoms with Gasteiger partial charge in [-0.15, -0.1) is 0 Å². The summed E-state index contributed by atoms with van der Waals surface area (Å²) in [5.74, 6) is -4.65. The molecule has 0 unspecified atom stereocenters. The molecule has 11 heteroatoms. The first-order valence-corrected chi connectivity index (χ1v) is 9.55. The molecule has 1 aliphatic rings. The van der Waals surface area contributed by atoms with Crippen molar-refractivity contribution in [1.82, 2.24) is 9.78 Å². The number of carbonyl (C=O) groups is 1. The lowest BCUT2D eigenvalue weighted by atomic mass is 9.78. The lowest BCUT2D eigenvalue weighted by Gasteiger charge is -2.36. The van der Waals surface area contributed by atoms with E-state index in [0.717, 1.165) is 6.07 Å². The molecule has 0 radical (unpaired) electrons. The Bertz CT molecular complexity index is 954. The molecule has 0 saturated heterocycles. The first kappa shape index (κ1) is 22.4. The largest absolute Gasteiger partial charge is 0.476 e.